The number of hydrogen-bond donors (Lipinski definition) is 9. The first-order chi connectivity index (χ1) is 15.2. The summed E-state index contributed by atoms with van der Waals surface area (Å²) in [6.07, 6.45) is 1.72. The van der Waals surface area contributed by atoms with Crippen LogP contribution in [0.1, 0.15) is 28.7 Å². The Bertz CT molecular complexity index is 1150. The molecule has 2 aromatic rings. The van der Waals surface area contributed by atoms with Crippen LogP contribution < -0.4 is 4.74 Å². The molecule has 12 heteroatoms. The summed E-state index contributed by atoms with van der Waals surface area (Å²) in [5.41, 5.74) is -2.20. The van der Waals surface area contributed by atoms with Crippen molar-refractivity contribution in [3.05, 3.63) is 46.5 Å². The topological polar surface area (TPSA) is 212 Å². The van der Waals surface area contributed by atoms with E-state index >= 15 is 0 Å². The summed E-state index contributed by atoms with van der Waals surface area (Å²) in [6, 6.07) is 2.94. The van der Waals surface area contributed by atoms with Gasteiger partial charge in [-0.25, -0.2) is 4.79 Å². The highest BCUT2D eigenvalue weighted by molar-refractivity contribution is 5.92. The Labute approximate surface area is 186 Å². The van der Waals surface area contributed by atoms with E-state index in [0.717, 1.165) is 18.2 Å². The molecule has 0 atom stereocenters. The minimum Gasteiger partial charge on any atom is -0.504 e. The van der Waals surface area contributed by atoms with Crippen LogP contribution in [-0.4, -0.2) is 77.5 Å². The molecule has 33 heavy (non-hydrogen) atoms. The zero-order valence-corrected chi connectivity index (χ0v) is 17.5. The van der Waals surface area contributed by atoms with Crippen molar-refractivity contribution < 1.29 is 55.5 Å². The second-order valence-corrected chi connectivity index (χ2v) is 7.75. The average Bonchev–Trinajstić information content (AvgIpc) is 2.81. The summed E-state index contributed by atoms with van der Waals surface area (Å²) >= 11 is 0. The van der Waals surface area contributed by atoms with Gasteiger partial charge in [0.05, 0.1) is 0 Å². The predicted molar refractivity (Wildman–Crippen MR) is 110 cm³/mol. The lowest BCUT2D eigenvalue weighted by molar-refractivity contribution is -0.304. The van der Waals surface area contributed by atoms with Gasteiger partial charge in [0.2, 0.25) is 11.5 Å². The Hall–Kier alpha value is -3.55. The van der Waals surface area contributed by atoms with E-state index in [0.29, 0.717) is 6.54 Å². The van der Waals surface area contributed by atoms with E-state index in [9.17, 15) is 45.6 Å². The smallest absolute Gasteiger partial charge is 0.369 e. The van der Waals surface area contributed by atoms with Gasteiger partial charge in [-0.15, -0.1) is 0 Å². The van der Waals surface area contributed by atoms with E-state index in [1.165, 1.54) is 6.08 Å². The van der Waals surface area contributed by atoms with Crippen LogP contribution >= 0.6 is 0 Å². The molecule has 2 aromatic carbocycles. The van der Waals surface area contributed by atoms with Crippen LogP contribution in [0, 0.1) is 0 Å². The quantitative estimate of drug-likeness (QED) is 0.157. The summed E-state index contributed by atoms with van der Waals surface area (Å²) in [5, 5.41) is 91.2. The van der Waals surface area contributed by atoms with Crippen molar-refractivity contribution in [1.82, 2.24) is 4.90 Å². The molecule has 12 nitrogen and oxygen atoms in total. The molecule has 0 saturated heterocycles. The summed E-state index contributed by atoms with van der Waals surface area (Å²) in [6.45, 7) is 0.452. The van der Waals surface area contributed by atoms with E-state index in [2.05, 4.69) is 0 Å². The number of aliphatic carboxylic acids is 1. The first-order valence-corrected chi connectivity index (χ1v) is 9.52. The van der Waals surface area contributed by atoms with Crippen molar-refractivity contribution in [2.45, 2.75) is 18.2 Å². The Morgan fingerprint density at radius 1 is 1.06 bits per heavy atom. The molecule has 1 aliphatic heterocycles. The van der Waals surface area contributed by atoms with Crippen molar-refractivity contribution in [3.63, 3.8) is 0 Å². The molecular formula is C21H23NO11. The Kier molecular flexibility index (Phi) is 5.91. The van der Waals surface area contributed by atoms with Gasteiger partial charge in [-0.05, 0) is 44.3 Å². The van der Waals surface area contributed by atoms with E-state index in [1.807, 2.05) is 0 Å². The van der Waals surface area contributed by atoms with Gasteiger partial charge in [-0.2, -0.15) is 0 Å². The molecular weight excluding hydrogens is 442 g/mol. The maximum absolute atomic E-state index is 11.3. The molecule has 0 radical (unpaired) electrons. The van der Waals surface area contributed by atoms with E-state index in [-0.39, 0.29) is 23.3 Å². The maximum atomic E-state index is 11.3. The normalized spacial score (nSPS) is 16.2. The molecule has 0 fully saturated rings. The molecule has 0 saturated carbocycles. The summed E-state index contributed by atoms with van der Waals surface area (Å²) in [4.78, 5) is 13.1. The van der Waals surface area contributed by atoms with E-state index in [1.54, 1.807) is 19.0 Å². The number of aromatic hydroxyl groups is 4. The molecule has 1 aliphatic rings. The number of aliphatic hydroxyl groups is 4. The zero-order valence-electron chi connectivity index (χ0n) is 17.5. The number of nitrogens with zero attached hydrogens (tertiary/aromatic N) is 1. The number of ether oxygens (including phenoxy) is 1. The van der Waals surface area contributed by atoms with E-state index in [4.69, 9.17) is 9.84 Å². The molecule has 0 aromatic heterocycles. The second-order valence-electron chi connectivity index (χ2n) is 7.75. The van der Waals surface area contributed by atoms with Gasteiger partial charge < -0.3 is 55.6 Å². The van der Waals surface area contributed by atoms with Crippen LogP contribution in [-0.2, 0) is 16.6 Å². The molecule has 1 heterocycles. The van der Waals surface area contributed by atoms with Crippen LogP contribution in [0.5, 0.6) is 28.7 Å². The first kappa shape index (κ1) is 24.1. The predicted octanol–water partition coefficient (Wildman–Crippen LogP) is -0.398. The molecule has 0 bridgehead atoms. The van der Waals surface area contributed by atoms with Crippen molar-refractivity contribution in [2.24, 2.45) is 0 Å². The third kappa shape index (κ3) is 4.01. The summed E-state index contributed by atoms with van der Waals surface area (Å²) in [7, 11) is 3.54. The number of carboxylic acids is 1. The molecule has 0 spiro atoms. The number of carboxylic acid groups (broad SMARTS) is 1. The molecule has 0 unspecified atom stereocenters. The lowest BCUT2D eigenvalue weighted by Gasteiger charge is -2.24. The number of benzene rings is 2. The van der Waals surface area contributed by atoms with Crippen molar-refractivity contribution in [2.75, 3.05) is 20.6 Å². The van der Waals surface area contributed by atoms with Crippen molar-refractivity contribution in [3.8, 4) is 28.7 Å². The summed E-state index contributed by atoms with van der Waals surface area (Å²) in [5.74, 6) is -13.6. The van der Waals surface area contributed by atoms with Crippen LogP contribution in [0.2, 0.25) is 0 Å². The van der Waals surface area contributed by atoms with Crippen LogP contribution in [0.15, 0.2) is 24.3 Å². The van der Waals surface area contributed by atoms with Gasteiger partial charge in [0, 0.05) is 23.2 Å². The lowest BCUT2D eigenvalue weighted by Crippen LogP contribution is -2.35. The van der Waals surface area contributed by atoms with Crippen molar-refractivity contribution in [1.29, 1.82) is 0 Å². The van der Waals surface area contributed by atoms with Gasteiger partial charge in [-0.3, -0.25) is 0 Å². The minimum atomic E-state index is -3.34. The monoisotopic (exact) mass is 465 g/mol. The fourth-order valence-corrected chi connectivity index (χ4v) is 3.47. The molecule has 0 aliphatic carbocycles. The highest BCUT2D eigenvalue weighted by Gasteiger charge is 2.45. The number of fused-ring (bicyclic) bond motifs is 2. The number of phenolic OH excluding ortho intramolecular Hbond substituents is 4. The standard InChI is InChI=1S/C21H23NO11/c1-22(2)7-3-4-10-11-8-9(20(29,30)19(27)28)5-6-12(11)33-21(31,32)14-13(10)15(23)17(25)18(26)16(14)24/h4-6,8,23-26,29-32H,3,7H2,1-2H3,(H,27,28). The first-order valence-electron chi connectivity index (χ1n) is 9.52. The van der Waals surface area contributed by atoms with E-state index < -0.39 is 57.4 Å². The summed E-state index contributed by atoms with van der Waals surface area (Å²) < 4.78 is 5.17. The fourth-order valence-electron chi connectivity index (χ4n) is 3.47. The van der Waals surface area contributed by atoms with Gasteiger partial charge in [-0.1, -0.05) is 6.08 Å². The van der Waals surface area contributed by atoms with Crippen LogP contribution in [0.4, 0.5) is 0 Å². The number of hydrogen-bond acceptors (Lipinski definition) is 11. The van der Waals surface area contributed by atoms with Gasteiger partial charge >= 0.3 is 11.9 Å². The third-order valence-electron chi connectivity index (χ3n) is 5.14. The molecule has 3 rings (SSSR count). The molecule has 0 amide bonds. The molecule has 9 N–H and O–H groups in total. The number of carbonyl (C=O) groups is 1. The van der Waals surface area contributed by atoms with Gasteiger partial charge in [0.15, 0.2) is 11.5 Å². The number of rotatable bonds is 5. The average molecular weight is 465 g/mol. The second kappa shape index (κ2) is 8.10. The van der Waals surface area contributed by atoms with Gasteiger partial charge in [0.1, 0.15) is 11.3 Å². The lowest BCUT2D eigenvalue weighted by atomic mass is 9.89. The van der Waals surface area contributed by atoms with Crippen molar-refractivity contribution >= 4 is 11.5 Å². The third-order valence-corrected chi connectivity index (χ3v) is 5.14. The maximum Gasteiger partial charge on any atom is 0.369 e. The highest BCUT2D eigenvalue weighted by atomic mass is 16.8. The van der Waals surface area contributed by atoms with Gasteiger partial charge in [0.25, 0.3) is 5.79 Å². The zero-order chi connectivity index (χ0) is 24.9. The van der Waals surface area contributed by atoms with Crippen LogP contribution in [0.3, 0.4) is 0 Å². The largest absolute Gasteiger partial charge is 0.504 e. The highest BCUT2D eigenvalue weighted by Crippen LogP contribution is 2.55. The number of phenols is 4. The van der Waals surface area contributed by atoms with Crippen LogP contribution in [0.25, 0.3) is 5.57 Å². The Balaban J connectivity index is 2.42. The Morgan fingerprint density at radius 2 is 1.67 bits per heavy atom. The minimum absolute atomic E-state index is 0.0852. The SMILES string of the molecule is CN(C)CCC=C1c2cc(C(O)(O)C(=O)O)ccc2OC(O)(O)c2c(O)c(O)c(O)c(O)c21. The Morgan fingerprint density at radius 3 is 2.24 bits per heavy atom. The fraction of sp³-hybridized carbons (Fsp3) is 0.286. The molecule has 178 valence electrons.